The third-order valence-corrected chi connectivity index (χ3v) is 4.31. The lowest BCUT2D eigenvalue weighted by Crippen LogP contribution is -2.01. The molecule has 4 rings (SSSR count). The first-order chi connectivity index (χ1) is 11.1. The van der Waals surface area contributed by atoms with Crippen molar-refractivity contribution in [3.05, 3.63) is 22.9 Å². The Kier molecular flexibility index (Phi) is 2.97. The van der Waals surface area contributed by atoms with Crippen LogP contribution in [0.2, 0.25) is 0 Å². The summed E-state index contributed by atoms with van der Waals surface area (Å²) in [5, 5.41) is 13.3. The molecule has 0 spiro atoms. The SMILES string of the molecule is COc1c2c(c(-c3cc(C(=O)O)nn3C)c3c1OCC3)OCC2. The number of methoxy groups -OCH3 is 1. The Morgan fingerprint density at radius 1 is 1.26 bits per heavy atom. The number of benzene rings is 1. The Labute approximate surface area is 132 Å². The van der Waals surface area contributed by atoms with E-state index >= 15 is 0 Å². The maximum absolute atomic E-state index is 11.2. The predicted molar refractivity (Wildman–Crippen MR) is 80.6 cm³/mol. The van der Waals surface area contributed by atoms with Gasteiger partial charge in [-0.1, -0.05) is 0 Å². The summed E-state index contributed by atoms with van der Waals surface area (Å²) < 4.78 is 18.7. The number of aromatic nitrogens is 2. The number of hydrogen-bond donors (Lipinski definition) is 1. The van der Waals surface area contributed by atoms with Crippen LogP contribution in [0.3, 0.4) is 0 Å². The van der Waals surface area contributed by atoms with E-state index in [1.54, 1.807) is 24.9 Å². The highest BCUT2D eigenvalue weighted by atomic mass is 16.5. The molecule has 0 saturated heterocycles. The number of hydrogen-bond acceptors (Lipinski definition) is 5. The van der Waals surface area contributed by atoms with Gasteiger partial charge in [-0.3, -0.25) is 4.68 Å². The first-order valence-electron chi connectivity index (χ1n) is 7.40. The van der Waals surface area contributed by atoms with E-state index in [0.717, 1.165) is 46.8 Å². The van der Waals surface area contributed by atoms with Gasteiger partial charge >= 0.3 is 5.97 Å². The van der Waals surface area contributed by atoms with Crippen molar-refractivity contribution in [2.24, 2.45) is 7.05 Å². The number of nitrogens with zero attached hydrogens (tertiary/aromatic N) is 2. The van der Waals surface area contributed by atoms with E-state index in [4.69, 9.17) is 14.2 Å². The zero-order valence-corrected chi connectivity index (χ0v) is 12.9. The molecule has 1 N–H and O–H groups in total. The molecule has 2 aliphatic heterocycles. The van der Waals surface area contributed by atoms with Crippen molar-refractivity contribution in [3.63, 3.8) is 0 Å². The van der Waals surface area contributed by atoms with E-state index in [0.29, 0.717) is 18.9 Å². The third kappa shape index (κ3) is 1.89. The van der Waals surface area contributed by atoms with Crippen LogP contribution >= 0.6 is 0 Å². The summed E-state index contributed by atoms with van der Waals surface area (Å²) >= 11 is 0. The van der Waals surface area contributed by atoms with E-state index in [1.165, 1.54) is 0 Å². The molecule has 0 bridgehead atoms. The van der Waals surface area contributed by atoms with E-state index in [9.17, 15) is 9.90 Å². The Morgan fingerprint density at radius 2 is 1.96 bits per heavy atom. The van der Waals surface area contributed by atoms with E-state index < -0.39 is 5.97 Å². The summed E-state index contributed by atoms with van der Waals surface area (Å²) in [4.78, 5) is 11.2. The van der Waals surface area contributed by atoms with Gasteiger partial charge < -0.3 is 19.3 Å². The minimum Gasteiger partial charge on any atom is -0.492 e. The van der Waals surface area contributed by atoms with Crippen LogP contribution in [0.5, 0.6) is 17.2 Å². The molecule has 0 radical (unpaired) electrons. The van der Waals surface area contributed by atoms with Crippen molar-refractivity contribution in [1.82, 2.24) is 9.78 Å². The normalized spacial score (nSPS) is 14.9. The number of aryl methyl sites for hydroxylation is 1. The number of fused-ring (bicyclic) bond motifs is 2. The quantitative estimate of drug-likeness (QED) is 0.927. The average Bonchev–Trinajstić information content (AvgIpc) is 3.23. The standard InChI is InChI=1S/C16H16N2O5/c1-18-11(7-10(17-18)16(19)20)12-8-3-5-23-15(8)14(21-2)9-4-6-22-13(9)12/h7H,3-6H2,1-2H3,(H,19,20). The molecule has 0 atom stereocenters. The van der Waals surface area contributed by atoms with Gasteiger partial charge in [0.25, 0.3) is 0 Å². The van der Waals surface area contributed by atoms with Crippen LogP contribution in [0, 0.1) is 0 Å². The molecule has 23 heavy (non-hydrogen) atoms. The smallest absolute Gasteiger partial charge is 0.356 e. The minimum absolute atomic E-state index is 0.0118. The largest absolute Gasteiger partial charge is 0.492 e. The van der Waals surface area contributed by atoms with Gasteiger partial charge in [0, 0.05) is 36.6 Å². The van der Waals surface area contributed by atoms with Crippen LogP contribution in [0.1, 0.15) is 21.6 Å². The number of aromatic carboxylic acids is 1. The summed E-state index contributed by atoms with van der Waals surface area (Å²) in [6.07, 6.45) is 1.47. The molecule has 3 heterocycles. The molecule has 0 unspecified atom stereocenters. The van der Waals surface area contributed by atoms with Gasteiger partial charge in [-0.2, -0.15) is 5.10 Å². The summed E-state index contributed by atoms with van der Waals surface area (Å²) in [5.41, 5.74) is 3.56. The highest BCUT2D eigenvalue weighted by Gasteiger charge is 2.34. The van der Waals surface area contributed by atoms with Crippen molar-refractivity contribution >= 4 is 5.97 Å². The fraction of sp³-hybridized carbons (Fsp3) is 0.375. The fourth-order valence-corrected chi connectivity index (χ4v) is 3.36. The Morgan fingerprint density at radius 3 is 2.61 bits per heavy atom. The molecule has 0 aliphatic carbocycles. The Balaban J connectivity index is 2.02. The van der Waals surface area contributed by atoms with Crippen molar-refractivity contribution in [2.75, 3.05) is 20.3 Å². The molecule has 0 saturated carbocycles. The second-order valence-corrected chi connectivity index (χ2v) is 5.56. The lowest BCUT2D eigenvalue weighted by Gasteiger charge is -2.16. The molecule has 2 aromatic rings. The average molecular weight is 316 g/mol. The van der Waals surface area contributed by atoms with Crippen molar-refractivity contribution in [2.45, 2.75) is 12.8 Å². The highest BCUT2D eigenvalue weighted by molar-refractivity contribution is 5.89. The van der Waals surface area contributed by atoms with Crippen LogP contribution in [0.15, 0.2) is 6.07 Å². The molecular weight excluding hydrogens is 300 g/mol. The van der Waals surface area contributed by atoms with Crippen LogP contribution < -0.4 is 14.2 Å². The highest BCUT2D eigenvalue weighted by Crippen LogP contribution is 2.52. The second kappa shape index (κ2) is 4.91. The second-order valence-electron chi connectivity index (χ2n) is 5.56. The van der Waals surface area contributed by atoms with Crippen molar-refractivity contribution < 1.29 is 24.1 Å². The van der Waals surface area contributed by atoms with Gasteiger partial charge in [0.05, 0.1) is 26.0 Å². The topological polar surface area (TPSA) is 82.8 Å². The lowest BCUT2D eigenvalue weighted by atomic mass is 9.96. The Bertz CT molecular complexity index is 789. The number of carboxylic acid groups (broad SMARTS) is 1. The van der Waals surface area contributed by atoms with E-state index in [2.05, 4.69) is 5.10 Å². The van der Waals surface area contributed by atoms with Gasteiger partial charge in [-0.05, 0) is 6.07 Å². The zero-order chi connectivity index (χ0) is 16.1. The summed E-state index contributed by atoms with van der Waals surface area (Å²) in [7, 11) is 3.36. The molecule has 0 amide bonds. The monoisotopic (exact) mass is 316 g/mol. The summed E-state index contributed by atoms with van der Waals surface area (Å²) in [6, 6.07) is 1.57. The van der Waals surface area contributed by atoms with Crippen LogP contribution in [-0.2, 0) is 19.9 Å². The van der Waals surface area contributed by atoms with E-state index in [1.807, 2.05) is 0 Å². The number of carboxylic acids is 1. The van der Waals surface area contributed by atoms with Gasteiger partial charge in [0.1, 0.15) is 5.75 Å². The number of rotatable bonds is 3. The first kappa shape index (κ1) is 13.9. The summed E-state index contributed by atoms with van der Waals surface area (Å²) in [5.74, 6) is 1.18. The van der Waals surface area contributed by atoms with Crippen LogP contribution in [-0.4, -0.2) is 41.2 Å². The lowest BCUT2D eigenvalue weighted by molar-refractivity contribution is 0.0689. The predicted octanol–water partition coefficient (Wildman–Crippen LogP) is 1.66. The maximum atomic E-state index is 11.2. The van der Waals surface area contributed by atoms with Gasteiger partial charge in [-0.25, -0.2) is 4.79 Å². The molecule has 1 aromatic heterocycles. The van der Waals surface area contributed by atoms with Gasteiger partial charge in [0.2, 0.25) is 0 Å². The molecule has 120 valence electrons. The molecule has 7 nitrogen and oxygen atoms in total. The number of carbonyl (C=O) groups is 1. The Hall–Kier alpha value is -2.70. The maximum Gasteiger partial charge on any atom is 0.356 e. The van der Waals surface area contributed by atoms with Crippen molar-refractivity contribution in [3.8, 4) is 28.5 Å². The van der Waals surface area contributed by atoms with Crippen LogP contribution in [0.4, 0.5) is 0 Å². The minimum atomic E-state index is -1.05. The zero-order valence-electron chi connectivity index (χ0n) is 12.9. The third-order valence-electron chi connectivity index (χ3n) is 4.31. The molecule has 2 aliphatic rings. The molecule has 0 fully saturated rings. The molecule has 7 heteroatoms. The van der Waals surface area contributed by atoms with E-state index in [-0.39, 0.29) is 5.69 Å². The van der Waals surface area contributed by atoms with Crippen LogP contribution in [0.25, 0.3) is 11.3 Å². The molecule has 1 aromatic carbocycles. The molecular formula is C16H16N2O5. The van der Waals surface area contributed by atoms with Gasteiger partial charge in [0.15, 0.2) is 17.2 Å². The first-order valence-corrected chi connectivity index (χ1v) is 7.40. The number of ether oxygens (including phenoxy) is 3. The fourth-order valence-electron chi connectivity index (χ4n) is 3.36. The van der Waals surface area contributed by atoms with Gasteiger partial charge in [-0.15, -0.1) is 0 Å². The summed E-state index contributed by atoms with van der Waals surface area (Å²) in [6.45, 7) is 1.15. The van der Waals surface area contributed by atoms with Crippen molar-refractivity contribution in [1.29, 1.82) is 0 Å².